The first-order valence-electron chi connectivity index (χ1n) is 17.1. The maximum Gasteiger partial charge on any atom is 0.459 e. The van der Waals surface area contributed by atoms with Crippen LogP contribution in [0.3, 0.4) is 0 Å². The monoisotopic (exact) mass is 738 g/mol. The number of rotatable bonds is 19. The van der Waals surface area contributed by atoms with E-state index in [9.17, 15) is 19.6 Å². The van der Waals surface area contributed by atoms with Crippen molar-refractivity contribution in [2.75, 3.05) is 25.6 Å². The Bertz CT molecular complexity index is 1910. The minimum absolute atomic E-state index is 0.00387. The van der Waals surface area contributed by atoms with Gasteiger partial charge in [0.15, 0.2) is 17.4 Å². The fourth-order valence-electron chi connectivity index (χ4n) is 5.83. The number of hydrogen-bond acceptors (Lipinski definition) is 13. The number of carbonyl (C=O) groups excluding carboxylic acids is 1. The number of carbonyl (C=O) groups is 1. The molecule has 0 amide bonds. The number of nitrogen functional groups attached to an aromatic ring is 1. The number of nitrogens with zero attached hydrogens (tertiary/aromatic N) is 4. The Morgan fingerprint density at radius 3 is 2.65 bits per heavy atom. The molecule has 1 aliphatic heterocycles. The van der Waals surface area contributed by atoms with Crippen LogP contribution in [-0.2, 0) is 23.4 Å². The molecule has 0 radical (unpaired) electrons. The molecule has 2 aromatic carbocycles. The molecule has 0 saturated carbocycles. The Hall–Kier alpha value is -4.37. The van der Waals surface area contributed by atoms with Crippen LogP contribution in [0.25, 0.3) is 21.9 Å². The van der Waals surface area contributed by atoms with Crippen LogP contribution in [-0.4, -0.2) is 79.4 Å². The molecular formula is C36H47N6O9P. The van der Waals surface area contributed by atoms with Crippen molar-refractivity contribution >= 4 is 41.6 Å². The molecule has 280 valence electrons. The summed E-state index contributed by atoms with van der Waals surface area (Å²) in [5.74, 6) is -0.356. The standard InChI is InChI=1S/C36H47N6O9P/c1-6-8-12-19-48-33(44)26(20-23(3)4)41-52(46,51-27-17-13-15-24-14-10-11-16-25(24)27)49-21-28-30(43)36(5,45)34(50-28)42-22-38-29-31(42)39-35(37)40-32(29)47-18-9-7-2/h6-7,10-11,13-17,22-23,26,28,30,34,43,45H,1-2,8-9,12,18-21H2,3-5H3,(H,41,46)(H2,37,39,40)/t26-,28?,30+,34?,36+,52?/m0/s1. The lowest BCUT2D eigenvalue weighted by atomic mass is 9.96. The van der Waals surface area contributed by atoms with Crippen molar-refractivity contribution in [3.63, 3.8) is 0 Å². The minimum atomic E-state index is -4.44. The number of imidazole rings is 1. The molecule has 0 bridgehead atoms. The Morgan fingerprint density at radius 2 is 1.90 bits per heavy atom. The van der Waals surface area contributed by atoms with Crippen molar-refractivity contribution in [3.8, 4) is 11.6 Å². The number of hydrogen-bond donors (Lipinski definition) is 4. The zero-order valence-electron chi connectivity index (χ0n) is 29.6. The van der Waals surface area contributed by atoms with E-state index in [1.807, 2.05) is 44.2 Å². The van der Waals surface area contributed by atoms with E-state index < -0.39 is 50.4 Å². The number of nitrogens with two attached hydrogens (primary N) is 1. The number of anilines is 1. The molecule has 16 heteroatoms. The van der Waals surface area contributed by atoms with Gasteiger partial charge in [0.1, 0.15) is 29.6 Å². The number of benzene rings is 2. The molecule has 1 saturated heterocycles. The molecule has 4 aromatic rings. The molecule has 1 fully saturated rings. The van der Waals surface area contributed by atoms with Gasteiger partial charge < -0.3 is 34.7 Å². The summed E-state index contributed by atoms with van der Waals surface area (Å²) in [5, 5.41) is 27.2. The van der Waals surface area contributed by atoms with E-state index in [1.165, 1.54) is 17.8 Å². The quantitative estimate of drug-likeness (QED) is 0.0421. The van der Waals surface area contributed by atoms with Gasteiger partial charge in [-0.1, -0.05) is 62.4 Å². The van der Waals surface area contributed by atoms with E-state index in [-0.39, 0.29) is 54.3 Å². The molecular weight excluding hydrogens is 691 g/mol. The van der Waals surface area contributed by atoms with Crippen molar-refractivity contribution in [2.45, 2.75) is 76.5 Å². The van der Waals surface area contributed by atoms with E-state index >= 15 is 0 Å². The van der Waals surface area contributed by atoms with Crippen molar-refractivity contribution in [1.29, 1.82) is 0 Å². The second-order valence-corrected chi connectivity index (χ2v) is 14.8. The molecule has 6 atom stereocenters. The Kier molecular flexibility index (Phi) is 12.7. The second kappa shape index (κ2) is 17.0. The average Bonchev–Trinajstić information content (AvgIpc) is 3.62. The molecule has 52 heavy (non-hydrogen) atoms. The number of fused-ring (bicyclic) bond motifs is 2. The third kappa shape index (κ3) is 8.98. The van der Waals surface area contributed by atoms with Crippen LogP contribution < -0.4 is 20.1 Å². The van der Waals surface area contributed by atoms with Crippen LogP contribution in [0.5, 0.6) is 11.6 Å². The number of nitrogens with one attached hydrogen (secondary N) is 1. The van der Waals surface area contributed by atoms with Crippen LogP contribution in [0.1, 0.15) is 52.7 Å². The van der Waals surface area contributed by atoms with Crippen molar-refractivity contribution < 1.29 is 42.8 Å². The van der Waals surface area contributed by atoms with E-state index in [2.05, 4.69) is 33.2 Å². The molecule has 3 unspecified atom stereocenters. The minimum Gasteiger partial charge on any atom is -0.476 e. The van der Waals surface area contributed by atoms with Gasteiger partial charge in [0.05, 0.1) is 26.1 Å². The molecule has 3 heterocycles. The molecule has 5 rings (SSSR count). The Morgan fingerprint density at radius 1 is 1.15 bits per heavy atom. The second-order valence-electron chi connectivity index (χ2n) is 13.1. The smallest absolute Gasteiger partial charge is 0.459 e. The van der Waals surface area contributed by atoms with E-state index in [0.717, 1.165) is 5.39 Å². The predicted molar refractivity (Wildman–Crippen MR) is 195 cm³/mol. The average molecular weight is 739 g/mol. The fraction of sp³-hybridized carbons (Fsp3) is 0.444. The van der Waals surface area contributed by atoms with Gasteiger partial charge in [0.25, 0.3) is 0 Å². The zero-order valence-corrected chi connectivity index (χ0v) is 30.5. The van der Waals surface area contributed by atoms with Gasteiger partial charge in [-0.15, -0.1) is 13.2 Å². The van der Waals surface area contributed by atoms with E-state index in [0.29, 0.717) is 24.6 Å². The SMILES string of the molecule is C=CCCCOC(=O)[C@H](CC(C)C)NP(=O)(OCC1OC(n2cnc3c(OCCC=C)nc(N)nc32)[C@](C)(O)[C@@H]1O)Oc1cccc2ccccc12. The highest BCUT2D eigenvalue weighted by Crippen LogP contribution is 2.49. The van der Waals surface area contributed by atoms with Gasteiger partial charge in [-0.2, -0.15) is 15.1 Å². The van der Waals surface area contributed by atoms with Gasteiger partial charge in [-0.05, 0) is 50.0 Å². The number of aromatic nitrogens is 4. The first-order valence-corrected chi connectivity index (χ1v) is 18.7. The van der Waals surface area contributed by atoms with E-state index in [1.54, 1.807) is 24.3 Å². The summed E-state index contributed by atoms with van der Waals surface area (Å²) in [4.78, 5) is 26.1. The van der Waals surface area contributed by atoms with Crippen LogP contribution in [0, 0.1) is 5.92 Å². The third-order valence-corrected chi connectivity index (χ3v) is 10.0. The van der Waals surface area contributed by atoms with Crippen molar-refractivity contribution in [3.05, 3.63) is 74.1 Å². The van der Waals surface area contributed by atoms with Crippen LogP contribution >= 0.6 is 7.75 Å². The Balaban J connectivity index is 1.42. The first-order chi connectivity index (χ1) is 24.9. The summed E-state index contributed by atoms with van der Waals surface area (Å²) in [6.07, 6.45) is 2.80. The molecule has 2 aromatic heterocycles. The normalized spacial score (nSPS) is 21.9. The maximum absolute atomic E-state index is 14.7. The molecule has 0 spiro atoms. The molecule has 5 N–H and O–H groups in total. The number of aliphatic hydroxyl groups is 2. The maximum atomic E-state index is 14.7. The highest BCUT2D eigenvalue weighted by atomic mass is 31.2. The van der Waals surface area contributed by atoms with Crippen molar-refractivity contribution in [2.24, 2.45) is 5.92 Å². The van der Waals surface area contributed by atoms with Crippen molar-refractivity contribution in [1.82, 2.24) is 24.6 Å². The molecule has 1 aliphatic rings. The number of aliphatic hydroxyl groups excluding tert-OH is 1. The molecule has 0 aliphatic carbocycles. The third-order valence-electron chi connectivity index (χ3n) is 8.45. The summed E-state index contributed by atoms with van der Waals surface area (Å²) < 4.78 is 45.7. The first kappa shape index (κ1) is 38.9. The summed E-state index contributed by atoms with van der Waals surface area (Å²) in [7, 11) is -4.44. The highest BCUT2D eigenvalue weighted by molar-refractivity contribution is 7.52. The number of allylic oxidation sites excluding steroid dienone is 1. The zero-order chi connectivity index (χ0) is 37.5. The number of ether oxygens (including phenoxy) is 3. The number of esters is 1. The summed E-state index contributed by atoms with van der Waals surface area (Å²) >= 11 is 0. The molecule has 15 nitrogen and oxygen atoms in total. The predicted octanol–water partition coefficient (Wildman–Crippen LogP) is 5.24. The Labute approximate surface area is 302 Å². The van der Waals surface area contributed by atoms with Gasteiger partial charge in [-0.25, -0.2) is 9.55 Å². The van der Waals surface area contributed by atoms with Gasteiger partial charge >= 0.3 is 13.7 Å². The summed E-state index contributed by atoms with van der Waals surface area (Å²) in [6.45, 7) is 12.5. The number of unbranched alkanes of at least 4 members (excludes halogenated alkanes) is 1. The summed E-state index contributed by atoms with van der Waals surface area (Å²) in [5.41, 5.74) is 4.51. The lowest BCUT2D eigenvalue weighted by molar-refractivity contribution is -0.146. The van der Waals surface area contributed by atoms with Gasteiger partial charge in [-0.3, -0.25) is 13.9 Å². The highest BCUT2D eigenvalue weighted by Gasteiger charge is 2.54. The van der Waals surface area contributed by atoms with E-state index in [4.69, 9.17) is 29.0 Å². The van der Waals surface area contributed by atoms with Crippen LogP contribution in [0.2, 0.25) is 0 Å². The lowest BCUT2D eigenvalue weighted by Gasteiger charge is -2.28. The fourth-order valence-corrected chi connectivity index (χ4v) is 7.36. The lowest BCUT2D eigenvalue weighted by Crippen LogP contribution is -2.44. The van der Waals surface area contributed by atoms with Gasteiger partial charge in [0, 0.05) is 5.39 Å². The van der Waals surface area contributed by atoms with Gasteiger partial charge in [0.2, 0.25) is 11.8 Å². The topological polar surface area (TPSA) is 202 Å². The van der Waals surface area contributed by atoms with Crippen LogP contribution in [0.4, 0.5) is 5.95 Å². The van der Waals surface area contributed by atoms with Crippen LogP contribution in [0.15, 0.2) is 74.1 Å². The largest absolute Gasteiger partial charge is 0.476 e. The summed E-state index contributed by atoms with van der Waals surface area (Å²) in [6, 6.07) is 11.6.